The number of furan rings is 1. The zero-order chi connectivity index (χ0) is 27.9. The Kier molecular flexibility index (Phi) is 5.75. The number of anilines is 3. The highest BCUT2D eigenvalue weighted by molar-refractivity contribution is 6.16. The number of pyridine rings is 2. The molecular formula is C38H25N3O. The van der Waals surface area contributed by atoms with E-state index in [-0.39, 0.29) is 0 Å². The van der Waals surface area contributed by atoms with Crippen LogP contribution < -0.4 is 4.90 Å². The first kappa shape index (κ1) is 24.1. The predicted molar refractivity (Wildman–Crippen MR) is 172 cm³/mol. The zero-order valence-corrected chi connectivity index (χ0v) is 22.7. The van der Waals surface area contributed by atoms with Crippen LogP contribution in [-0.4, -0.2) is 9.97 Å². The van der Waals surface area contributed by atoms with E-state index in [2.05, 4.69) is 102 Å². The van der Waals surface area contributed by atoms with Crippen molar-refractivity contribution in [2.24, 2.45) is 0 Å². The van der Waals surface area contributed by atoms with Crippen molar-refractivity contribution in [2.75, 3.05) is 4.90 Å². The molecule has 4 nitrogen and oxygen atoms in total. The van der Waals surface area contributed by atoms with Crippen LogP contribution in [0.15, 0.2) is 156 Å². The summed E-state index contributed by atoms with van der Waals surface area (Å²) >= 11 is 0. The Morgan fingerprint density at radius 2 is 1.21 bits per heavy atom. The lowest BCUT2D eigenvalue weighted by Gasteiger charge is -2.25. The molecule has 4 heteroatoms. The molecule has 0 atom stereocenters. The lowest BCUT2D eigenvalue weighted by molar-refractivity contribution is 0.672. The average molecular weight is 540 g/mol. The highest BCUT2D eigenvalue weighted by Crippen LogP contribution is 2.40. The minimum absolute atomic E-state index is 0.788. The Balaban J connectivity index is 1.29. The molecule has 42 heavy (non-hydrogen) atoms. The van der Waals surface area contributed by atoms with Crippen LogP contribution in [0.2, 0.25) is 0 Å². The van der Waals surface area contributed by atoms with Gasteiger partial charge in [-0.15, -0.1) is 0 Å². The summed E-state index contributed by atoms with van der Waals surface area (Å²) in [5.74, 6) is 0.834. The Morgan fingerprint density at radius 1 is 0.500 bits per heavy atom. The Morgan fingerprint density at radius 3 is 2.10 bits per heavy atom. The van der Waals surface area contributed by atoms with Gasteiger partial charge >= 0.3 is 0 Å². The van der Waals surface area contributed by atoms with Crippen molar-refractivity contribution in [3.05, 3.63) is 152 Å². The third kappa shape index (κ3) is 4.09. The first-order chi connectivity index (χ1) is 20.8. The van der Waals surface area contributed by atoms with Gasteiger partial charge in [0, 0.05) is 44.9 Å². The molecule has 0 N–H and O–H groups in total. The summed E-state index contributed by atoms with van der Waals surface area (Å²) in [5, 5.41) is 4.41. The Hall–Kier alpha value is -5.74. The van der Waals surface area contributed by atoms with Crippen LogP contribution in [-0.2, 0) is 0 Å². The molecule has 0 saturated heterocycles. The second-order valence-corrected chi connectivity index (χ2v) is 10.3. The summed E-state index contributed by atoms with van der Waals surface area (Å²) in [5.41, 5.74) is 7.47. The fourth-order valence-electron chi connectivity index (χ4n) is 5.74. The van der Waals surface area contributed by atoms with Crippen molar-refractivity contribution in [3.63, 3.8) is 0 Å². The van der Waals surface area contributed by atoms with Gasteiger partial charge in [-0.2, -0.15) is 0 Å². The van der Waals surface area contributed by atoms with Gasteiger partial charge in [0.25, 0.3) is 0 Å². The normalized spacial score (nSPS) is 11.3. The number of hydrogen-bond donors (Lipinski definition) is 0. The van der Waals surface area contributed by atoms with Crippen molar-refractivity contribution in [3.8, 4) is 22.5 Å². The maximum absolute atomic E-state index is 6.60. The molecule has 0 aliphatic carbocycles. The molecule has 8 rings (SSSR count). The number of rotatable bonds is 5. The molecule has 0 unspecified atom stereocenters. The van der Waals surface area contributed by atoms with Crippen molar-refractivity contribution in [2.45, 2.75) is 0 Å². The van der Waals surface area contributed by atoms with Gasteiger partial charge in [-0.05, 0) is 53.9 Å². The van der Waals surface area contributed by atoms with Gasteiger partial charge in [-0.1, -0.05) is 97.1 Å². The van der Waals surface area contributed by atoms with Crippen LogP contribution >= 0.6 is 0 Å². The fourth-order valence-corrected chi connectivity index (χ4v) is 5.74. The predicted octanol–water partition coefficient (Wildman–Crippen LogP) is 10.3. The fraction of sp³-hybridized carbons (Fsp3) is 0. The number of fused-ring (bicyclic) bond motifs is 5. The van der Waals surface area contributed by atoms with Gasteiger partial charge in [0.1, 0.15) is 17.1 Å². The lowest BCUT2D eigenvalue weighted by atomic mass is 10.0. The molecule has 0 spiro atoms. The molecule has 0 saturated carbocycles. The molecule has 3 heterocycles. The first-order valence-electron chi connectivity index (χ1n) is 14.0. The molecule has 0 aliphatic rings. The van der Waals surface area contributed by atoms with Crippen LogP contribution in [0.4, 0.5) is 17.2 Å². The SMILES string of the molecule is c1ccc(-c2cccc(N(c3ccccc3)c3cccc(-c4nccc5c4oc4c6ccccc6ccc54)c3)n2)cc1. The molecule has 5 aromatic carbocycles. The monoisotopic (exact) mass is 539 g/mol. The van der Waals surface area contributed by atoms with Gasteiger partial charge in [0.2, 0.25) is 0 Å². The minimum Gasteiger partial charge on any atom is -0.453 e. The van der Waals surface area contributed by atoms with E-state index in [1.807, 2.05) is 54.7 Å². The Labute approximate surface area is 243 Å². The molecule has 0 bridgehead atoms. The molecule has 0 fully saturated rings. The Bertz CT molecular complexity index is 2200. The standard InChI is InChI=1S/C38H25N3O/c1-3-12-27(13-4-1)34-19-10-20-35(40-34)41(29-15-5-2-6-16-29)30-17-9-14-28(25-30)36-38-33(23-24-39-36)32-22-21-26-11-7-8-18-31(26)37(32)42-38/h1-25H. The van der Waals surface area contributed by atoms with Gasteiger partial charge in [-0.3, -0.25) is 9.88 Å². The zero-order valence-electron chi connectivity index (χ0n) is 22.7. The molecule has 8 aromatic rings. The largest absolute Gasteiger partial charge is 0.453 e. The van der Waals surface area contributed by atoms with Crippen molar-refractivity contribution in [1.82, 2.24) is 9.97 Å². The number of benzene rings is 5. The van der Waals surface area contributed by atoms with Crippen LogP contribution in [0.3, 0.4) is 0 Å². The van der Waals surface area contributed by atoms with Crippen LogP contribution in [0.1, 0.15) is 0 Å². The minimum atomic E-state index is 0.788. The molecule has 3 aromatic heterocycles. The van der Waals surface area contributed by atoms with E-state index in [9.17, 15) is 0 Å². The second-order valence-electron chi connectivity index (χ2n) is 10.3. The van der Waals surface area contributed by atoms with Crippen LogP contribution in [0.25, 0.3) is 55.2 Å². The van der Waals surface area contributed by atoms with E-state index in [1.54, 1.807) is 0 Å². The number of aromatic nitrogens is 2. The first-order valence-corrected chi connectivity index (χ1v) is 14.0. The van der Waals surface area contributed by atoms with Crippen LogP contribution in [0, 0.1) is 0 Å². The number of para-hydroxylation sites is 1. The van der Waals surface area contributed by atoms with Gasteiger partial charge < -0.3 is 4.42 Å². The van der Waals surface area contributed by atoms with E-state index in [4.69, 9.17) is 14.4 Å². The quantitative estimate of drug-likeness (QED) is 0.218. The van der Waals surface area contributed by atoms with E-state index in [0.717, 1.165) is 72.4 Å². The van der Waals surface area contributed by atoms with E-state index < -0.39 is 0 Å². The third-order valence-corrected chi connectivity index (χ3v) is 7.70. The molecule has 0 amide bonds. The van der Waals surface area contributed by atoms with Gasteiger partial charge in [0.15, 0.2) is 5.58 Å². The summed E-state index contributed by atoms with van der Waals surface area (Å²) in [6.07, 6.45) is 1.87. The van der Waals surface area contributed by atoms with E-state index in [1.165, 1.54) is 0 Å². The van der Waals surface area contributed by atoms with Gasteiger partial charge in [0.05, 0.1) is 5.69 Å². The maximum atomic E-state index is 6.60. The van der Waals surface area contributed by atoms with Crippen LogP contribution in [0.5, 0.6) is 0 Å². The highest BCUT2D eigenvalue weighted by atomic mass is 16.3. The van der Waals surface area contributed by atoms with Crippen molar-refractivity contribution >= 4 is 49.9 Å². The highest BCUT2D eigenvalue weighted by Gasteiger charge is 2.18. The van der Waals surface area contributed by atoms with Crippen molar-refractivity contribution in [1.29, 1.82) is 0 Å². The number of hydrogen-bond acceptors (Lipinski definition) is 4. The molecule has 0 aliphatic heterocycles. The second kappa shape index (κ2) is 10.0. The topological polar surface area (TPSA) is 42.2 Å². The lowest BCUT2D eigenvalue weighted by Crippen LogP contribution is -2.11. The maximum Gasteiger partial charge on any atom is 0.161 e. The molecule has 0 radical (unpaired) electrons. The number of nitrogens with zero attached hydrogens (tertiary/aromatic N) is 3. The summed E-state index contributed by atoms with van der Waals surface area (Å²) in [6, 6.07) is 49.9. The van der Waals surface area contributed by atoms with Crippen molar-refractivity contribution < 1.29 is 4.42 Å². The average Bonchev–Trinajstić information content (AvgIpc) is 3.46. The molecule has 198 valence electrons. The van der Waals surface area contributed by atoms with E-state index >= 15 is 0 Å². The summed E-state index contributed by atoms with van der Waals surface area (Å²) in [4.78, 5) is 12.1. The summed E-state index contributed by atoms with van der Waals surface area (Å²) in [7, 11) is 0. The van der Waals surface area contributed by atoms with Gasteiger partial charge in [-0.25, -0.2) is 4.98 Å². The smallest absolute Gasteiger partial charge is 0.161 e. The molecular weight excluding hydrogens is 514 g/mol. The third-order valence-electron chi connectivity index (χ3n) is 7.70. The summed E-state index contributed by atoms with van der Waals surface area (Å²) < 4.78 is 6.60. The summed E-state index contributed by atoms with van der Waals surface area (Å²) in [6.45, 7) is 0. The van der Waals surface area contributed by atoms with E-state index in [0.29, 0.717) is 0 Å².